The summed E-state index contributed by atoms with van der Waals surface area (Å²) < 4.78 is 0. The van der Waals surface area contributed by atoms with Crippen LogP contribution in [-0.2, 0) is 4.79 Å². The topological polar surface area (TPSA) is 20.3 Å². The average molecular weight is 237 g/mol. The number of likely N-dealkylation sites (N-methyl/N-ethyl adjacent to an activating group) is 1. The van der Waals surface area contributed by atoms with Crippen LogP contribution >= 0.6 is 0 Å². The van der Waals surface area contributed by atoms with Crippen molar-refractivity contribution >= 4 is 11.6 Å². The van der Waals surface area contributed by atoms with Gasteiger partial charge >= 0.3 is 0 Å². The van der Waals surface area contributed by atoms with Crippen molar-refractivity contribution in [2.45, 2.75) is 0 Å². The molecule has 0 aliphatic rings. The molecule has 0 bridgehead atoms. The van der Waals surface area contributed by atoms with Gasteiger partial charge in [-0.15, -0.1) is 0 Å². The lowest BCUT2D eigenvalue weighted by molar-refractivity contribution is -0.113. The molecule has 0 saturated carbocycles. The van der Waals surface area contributed by atoms with Gasteiger partial charge in [-0.25, -0.2) is 0 Å². The van der Waals surface area contributed by atoms with Crippen LogP contribution in [-0.4, -0.2) is 13.0 Å². The van der Waals surface area contributed by atoms with E-state index in [2.05, 4.69) is 6.58 Å². The van der Waals surface area contributed by atoms with E-state index in [9.17, 15) is 4.79 Å². The molecule has 2 aromatic carbocycles. The fraction of sp³-hybridized carbons (Fsp3) is 0.0625. The van der Waals surface area contributed by atoms with E-state index in [1.165, 1.54) is 6.08 Å². The van der Waals surface area contributed by atoms with E-state index in [1.54, 1.807) is 11.9 Å². The second-order valence-corrected chi connectivity index (χ2v) is 3.98. The number of nitrogens with zero attached hydrogens (tertiary/aromatic N) is 1. The summed E-state index contributed by atoms with van der Waals surface area (Å²) in [4.78, 5) is 13.3. The van der Waals surface area contributed by atoms with E-state index in [4.69, 9.17) is 0 Å². The monoisotopic (exact) mass is 237 g/mol. The SMILES string of the molecule is C=CC(=O)N(C)c1ccccc1-c1ccccc1. The normalized spacial score (nSPS) is 9.83. The lowest BCUT2D eigenvalue weighted by atomic mass is 10.0. The number of hydrogen-bond donors (Lipinski definition) is 0. The highest BCUT2D eigenvalue weighted by atomic mass is 16.2. The lowest BCUT2D eigenvalue weighted by Gasteiger charge is -2.19. The van der Waals surface area contributed by atoms with Gasteiger partial charge in [0.2, 0.25) is 5.91 Å². The van der Waals surface area contributed by atoms with Crippen molar-refractivity contribution in [3.8, 4) is 11.1 Å². The Morgan fingerprint density at radius 1 is 1.06 bits per heavy atom. The van der Waals surface area contributed by atoms with Gasteiger partial charge in [0, 0.05) is 12.6 Å². The molecule has 0 spiro atoms. The third-order valence-electron chi connectivity index (χ3n) is 2.86. The summed E-state index contributed by atoms with van der Waals surface area (Å²) in [5.74, 6) is -0.113. The molecule has 18 heavy (non-hydrogen) atoms. The van der Waals surface area contributed by atoms with E-state index in [1.807, 2.05) is 54.6 Å². The summed E-state index contributed by atoms with van der Waals surface area (Å²) in [6.45, 7) is 3.52. The molecule has 2 nitrogen and oxygen atoms in total. The van der Waals surface area contributed by atoms with Crippen LogP contribution < -0.4 is 4.90 Å². The highest BCUT2D eigenvalue weighted by Gasteiger charge is 2.12. The van der Waals surface area contributed by atoms with Gasteiger partial charge in [-0.2, -0.15) is 0 Å². The summed E-state index contributed by atoms with van der Waals surface area (Å²) >= 11 is 0. The number of benzene rings is 2. The zero-order valence-electron chi connectivity index (χ0n) is 10.3. The maximum atomic E-state index is 11.7. The minimum Gasteiger partial charge on any atom is -0.311 e. The number of hydrogen-bond acceptors (Lipinski definition) is 1. The third kappa shape index (κ3) is 2.33. The molecular weight excluding hydrogens is 222 g/mol. The molecule has 0 heterocycles. The van der Waals surface area contributed by atoms with Crippen molar-refractivity contribution in [1.82, 2.24) is 0 Å². The van der Waals surface area contributed by atoms with Crippen LogP contribution in [0.4, 0.5) is 5.69 Å². The first-order valence-electron chi connectivity index (χ1n) is 5.78. The number of carbonyl (C=O) groups is 1. The van der Waals surface area contributed by atoms with Gasteiger partial charge in [0.05, 0.1) is 5.69 Å². The first kappa shape index (κ1) is 12.1. The predicted molar refractivity (Wildman–Crippen MR) is 75.5 cm³/mol. The minimum atomic E-state index is -0.113. The molecule has 2 heteroatoms. The minimum absolute atomic E-state index is 0.113. The molecule has 0 aliphatic carbocycles. The van der Waals surface area contributed by atoms with Crippen molar-refractivity contribution in [1.29, 1.82) is 0 Å². The van der Waals surface area contributed by atoms with Gasteiger partial charge in [0.25, 0.3) is 0 Å². The van der Waals surface area contributed by atoms with E-state index in [0.29, 0.717) is 0 Å². The van der Waals surface area contributed by atoms with Crippen molar-refractivity contribution < 1.29 is 4.79 Å². The summed E-state index contributed by atoms with van der Waals surface area (Å²) in [5.41, 5.74) is 3.02. The van der Waals surface area contributed by atoms with Crippen molar-refractivity contribution in [2.75, 3.05) is 11.9 Å². The Kier molecular flexibility index (Phi) is 3.58. The molecule has 0 fully saturated rings. The van der Waals surface area contributed by atoms with Crippen LogP contribution in [0.2, 0.25) is 0 Å². The summed E-state index contributed by atoms with van der Waals surface area (Å²) in [7, 11) is 1.76. The van der Waals surface area contributed by atoms with Crippen LogP contribution in [0.3, 0.4) is 0 Å². The molecule has 0 unspecified atom stereocenters. The van der Waals surface area contributed by atoms with E-state index >= 15 is 0 Å². The molecule has 0 N–H and O–H groups in total. The number of para-hydroxylation sites is 1. The summed E-state index contributed by atoms with van der Waals surface area (Å²) in [5, 5.41) is 0. The van der Waals surface area contributed by atoms with Crippen molar-refractivity contribution in [3.05, 3.63) is 67.3 Å². The van der Waals surface area contributed by atoms with Gasteiger partial charge in [-0.3, -0.25) is 4.79 Å². The van der Waals surface area contributed by atoms with Gasteiger partial charge in [0.1, 0.15) is 0 Å². The Hall–Kier alpha value is -2.35. The molecule has 0 saturated heterocycles. The van der Waals surface area contributed by atoms with E-state index in [0.717, 1.165) is 16.8 Å². The molecule has 0 aliphatic heterocycles. The van der Waals surface area contributed by atoms with Crippen LogP contribution in [0.5, 0.6) is 0 Å². The molecule has 1 amide bonds. The number of carbonyl (C=O) groups excluding carboxylic acids is 1. The van der Waals surface area contributed by atoms with Crippen LogP contribution in [0, 0.1) is 0 Å². The summed E-state index contributed by atoms with van der Waals surface area (Å²) in [6.07, 6.45) is 1.32. The standard InChI is InChI=1S/C16H15NO/c1-3-16(18)17(2)15-12-8-7-11-14(15)13-9-5-4-6-10-13/h3-12H,1H2,2H3. The van der Waals surface area contributed by atoms with Gasteiger partial charge in [-0.05, 0) is 17.7 Å². The summed E-state index contributed by atoms with van der Waals surface area (Å²) in [6, 6.07) is 17.9. The number of anilines is 1. The zero-order valence-corrected chi connectivity index (χ0v) is 10.3. The van der Waals surface area contributed by atoms with Crippen LogP contribution in [0.25, 0.3) is 11.1 Å². The number of rotatable bonds is 3. The average Bonchev–Trinajstić information content (AvgIpc) is 2.46. The fourth-order valence-corrected chi connectivity index (χ4v) is 1.88. The maximum absolute atomic E-state index is 11.7. The van der Waals surface area contributed by atoms with Crippen LogP contribution in [0.15, 0.2) is 67.3 Å². The second-order valence-electron chi connectivity index (χ2n) is 3.98. The molecular formula is C16H15NO. The Morgan fingerprint density at radius 3 is 2.33 bits per heavy atom. The Bertz CT molecular complexity index is 560. The highest BCUT2D eigenvalue weighted by molar-refractivity contribution is 6.03. The maximum Gasteiger partial charge on any atom is 0.250 e. The smallest absolute Gasteiger partial charge is 0.250 e. The third-order valence-corrected chi connectivity index (χ3v) is 2.86. The molecule has 90 valence electrons. The number of amides is 1. The van der Waals surface area contributed by atoms with Gasteiger partial charge in [0.15, 0.2) is 0 Å². The molecule has 2 rings (SSSR count). The zero-order chi connectivity index (χ0) is 13.0. The van der Waals surface area contributed by atoms with E-state index in [-0.39, 0.29) is 5.91 Å². The van der Waals surface area contributed by atoms with Crippen LogP contribution in [0.1, 0.15) is 0 Å². The Balaban J connectivity index is 2.50. The van der Waals surface area contributed by atoms with Crippen molar-refractivity contribution in [3.63, 3.8) is 0 Å². The first-order valence-corrected chi connectivity index (χ1v) is 5.78. The fourth-order valence-electron chi connectivity index (χ4n) is 1.88. The molecule has 0 atom stereocenters. The molecule has 0 aromatic heterocycles. The van der Waals surface area contributed by atoms with E-state index < -0.39 is 0 Å². The van der Waals surface area contributed by atoms with Gasteiger partial charge < -0.3 is 4.90 Å². The van der Waals surface area contributed by atoms with Gasteiger partial charge in [-0.1, -0.05) is 55.1 Å². The first-order chi connectivity index (χ1) is 8.74. The predicted octanol–water partition coefficient (Wildman–Crippen LogP) is 3.50. The quantitative estimate of drug-likeness (QED) is 0.748. The Labute approximate surface area is 107 Å². The molecule has 0 radical (unpaired) electrons. The van der Waals surface area contributed by atoms with Crippen molar-refractivity contribution in [2.24, 2.45) is 0 Å². The lowest BCUT2D eigenvalue weighted by Crippen LogP contribution is -2.24. The highest BCUT2D eigenvalue weighted by Crippen LogP contribution is 2.29. The largest absolute Gasteiger partial charge is 0.311 e. The Morgan fingerprint density at radius 2 is 1.67 bits per heavy atom. The molecule has 2 aromatic rings. The second kappa shape index (κ2) is 5.32.